The monoisotopic (exact) mass is 238 g/mol. The molecule has 0 fully saturated rings. The highest BCUT2D eigenvalue weighted by Crippen LogP contribution is 2.28. The maximum Gasteiger partial charge on any atom is 0.0624 e. The van der Waals surface area contributed by atoms with Crippen LogP contribution in [0.3, 0.4) is 0 Å². The molecule has 1 heterocycles. The van der Waals surface area contributed by atoms with Gasteiger partial charge in [0.25, 0.3) is 0 Å². The van der Waals surface area contributed by atoms with Crippen LogP contribution in [0.1, 0.15) is 46.0 Å². The molecule has 1 N–H and O–H groups in total. The molecule has 3 heteroatoms. The molecule has 0 aliphatic heterocycles. The van der Waals surface area contributed by atoms with E-state index in [1.54, 1.807) is 0 Å². The van der Waals surface area contributed by atoms with E-state index in [1.807, 2.05) is 0 Å². The van der Waals surface area contributed by atoms with Gasteiger partial charge in [0.1, 0.15) is 0 Å². The zero-order valence-corrected chi connectivity index (χ0v) is 11.8. The number of aliphatic hydroxyl groups excluding tert-OH is 1. The number of hydrogen-bond acceptors (Lipinski definition) is 2. The number of aromatic nitrogens is 2. The van der Waals surface area contributed by atoms with Crippen molar-refractivity contribution in [1.82, 2.24) is 9.78 Å². The van der Waals surface area contributed by atoms with E-state index in [0.29, 0.717) is 0 Å². The molecule has 1 atom stereocenters. The van der Waals surface area contributed by atoms with Gasteiger partial charge in [-0.15, -0.1) is 0 Å². The van der Waals surface area contributed by atoms with E-state index in [0.717, 1.165) is 25.1 Å². The first-order valence-corrected chi connectivity index (χ1v) is 6.58. The molecule has 1 aromatic rings. The van der Waals surface area contributed by atoms with Crippen LogP contribution in [0.4, 0.5) is 0 Å². The van der Waals surface area contributed by atoms with Crippen LogP contribution in [-0.4, -0.2) is 21.5 Å². The highest BCUT2D eigenvalue weighted by atomic mass is 16.3. The molecule has 0 radical (unpaired) electrons. The SMILES string of the molecule is CCc1cc(CC(CO)C(C)(C)C)n(CC)n1. The lowest BCUT2D eigenvalue weighted by Gasteiger charge is -2.29. The summed E-state index contributed by atoms with van der Waals surface area (Å²) in [5, 5.41) is 14.1. The number of rotatable bonds is 5. The van der Waals surface area contributed by atoms with E-state index < -0.39 is 0 Å². The smallest absolute Gasteiger partial charge is 0.0624 e. The van der Waals surface area contributed by atoms with Gasteiger partial charge in [-0.3, -0.25) is 4.68 Å². The van der Waals surface area contributed by atoms with Crippen LogP contribution in [0.5, 0.6) is 0 Å². The minimum Gasteiger partial charge on any atom is -0.396 e. The molecule has 0 saturated carbocycles. The van der Waals surface area contributed by atoms with Gasteiger partial charge in [0.05, 0.1) is 5.69 Å². The van der Waals surface area contributed by atoms with Gasteiger partial charge in [-0.1, -0.05) is 27.7 Å². The quantitative estimate of drug-likeness (QED) is 0.856. The fourth-order valence-electron chi connectivity index (χ4n) is 2.02. The average molecular weight is 238 g/mol. The Labute approximate surface area is 105 Å². The number of nitrogens with zero attached hydrogens (tertiary/aromatic N) is 2. The van der Waals surface area contributed by atoms with E-state index in [4.69, 9.17) is 0 Å². The molecule has 0 bridgehead atoms. The molecule has 17 heavy (non-hydrogen) atoms. The number of hydrogen-bond donors (Lipinski definition) is 1. The van der Waals surface area contributed by atoms with Crippen molar-refractivity contribution in [3.05, 3.63) is 17.5 Å². The van der Waals surface area contributed by atoms with Gasteiger partial charge in [-0.25, -0.2) is 0 Å². The van der Waals surface area contributed by atoms with Gasteiger partial charge in [-0.2, -0.15) is 5.10 Å². The maximum atomic E-state index is 9.52. The van der Waals surface area contributed by atoms with E-state index in [9.17, 15) is 5.11 Å². The topological polar surface area (TPSA) is 38.0 Å². The van der Waals surface area contributed by atoms with Gasteiger partial charge < -0.3 is 5.11 Å². The van der Waals surface area contributed by atoms with Gasteiger partial charge >= 0.3 is 0 Å². The molecule has 3 nitrogen and oxygen atoms in total. The van der Waals surface area contributed by atoms with Crippen LogP contribution >= 0.6 is 0 Å². The third-order valence-corrected chi connectivity index (χ3v) is 3.48. The molecule has 0 aromatic carbocycles. The first-order chi connectivity index (χ1) is 7.92. The van der Waals surface area contributed by atoms with Crippen LogP contribution in [-0.2, 0) is 19.4 Å². The summed E-state index contributed by atoms with van der Waals surface area (Å²) in [4.78, 5) is 0. The lowest BCUT2D eigenvalue weighted by molar-refractivity contribution is 0.129. The third kappa shape index (κ3) is 3.56. The van der Waals surface area contributed by atoms with Crippen LogP contribution in [0.15, 0.2) is 6.07 Å². The zero-order valence-electron chi connectivity index (χ0n) is 11.8. The summed E-state index contributed by atoms with van der Waals surface area (Å²) < 4.78 is 2.06. The van der Waals surface area contributed by atoms with Crippen molar-refractivity contribution in [2.75, 3.05) is 6.61 Å². The molecule has 1 aromatic heterocycles. The highest BCUT2D eigenvalue weighted by Gasteiger charge is 2.25. The first-order valence-electron chi connectivity index (χ1n) is 6.58. The second-order valence-electron chi connectivity index (χ2n) is 5.75. The highest BCUT2D eigenvalue weighted by molar-refractivity contribution is 5.11. The lowest BCUT2D eigenvalue weighted by atomic mass is 9.78. The Morgan fingerprint density at radius 2 is 2.00 bits per heavy atom. The van der Waals surface area contributed by atoms with Crippen LogP contribution < -0.4 is 0 Å². The molecule has 0 aliphatic carbocycles. The molecule has 98 valence electrons. The zero-order chi connectivity index (χ0) is 13.1. The van der Waals surface area contributed by atoms with E-state index in [1.165, 1.54) is 5.69 Å². The van der Waals surface area contributed by atoms with Crippen molar-refractivity contribution in [2.24, 2.45) is 11.3 Å². The first kappa shape index (κ1) is 14.2. The summed E-state index contributed by atoms with van der Waals surface area (Å²) in [7, 11) is 0. The summed E-state index contributed by atoms with van der Waals surface area (Å²) in [6.45, 7) is 11.9. The predicted molar refractivity (Wildman–Crippen MR) is 71.0 cm³/mol. The van der Waals surface area contributed by atoms with Gasteiger partial charge in [0.15, 0.2) is 0 Å². The summed E-state index contributed by atoms with van der Waals surface area (Å²) in [6, 6.07) is 2.18. The van der Waals surface area contributed by atoms with E-state index >= 15 is 0 Å². The average Bonchev–Trinajstić information content (AvgIpc) is 2.66. The summed E-state index contributed by atoms with van der Waals surface area (Å²) >= 11 is 0. The standard InChI is InChI=1S/C14H26N2O/c1-6-12-9-13(16(7-2)15-12)8-11(10-17)14(3,4)5/h9,11,17H,6-8,10H2,1-5H3. The van der Waals surface area contributed by atoms with Crippen LogP contribution in [0.2, 0.25) is 0 Å². The van der Waals surface area contributed by atoms with Crippen molar-refractivity contribution in [3.8, 4) is 0 Å². The minimum atomic E-state index is 0.129. The van der Waals surface area contributed by atoms with Crippen molar-refractivity contribution >= 4 is 0 Å². The molecular formula is C14H26N2O. The normalized spacial score (nSPS) is 14.0. The molecule has 0 aliphatic rings. The molecule has 1 rings (SSSR count). The summed E-state index contributed by atoms with van der Waals surface area (Å²) in [5.41, 5.74) is 2.52. The number of aliphatic hydroxyl groups is 1. The Balaban J connectivity index is 2.89. The largest absolute Gasteiger partial charge is 0.396 e. The number of aryl methyl sites for hydroxylation is 2. The van der Waals surface area contributed by atoms with E-state index in [-0.39, 0.29) is 17.9 Å². The van der Waals surface area contributed by atoms with Gasteiger partial charge in [0, 0.05) is 18.8 Å². The minimum absolute atomic E-state index is 0.129. The molecule has 0 amide bonds. The van der Waals surface area contributed by atoms with Crippen LogP contribution in [0, 0.1) is 11.3 Å². The Kier molecular flexibility index (Phi) is 4.75. The van der Waals surface area contributed by atoms with E-state index in [2.05, 4.69) is 50.5 Å². The predicted octanol–water partition coefficient (Wildman–Crippen LogP) is 2.66. The Morgan fingerprint density at radius 3 is 2.41 bits per heavy atom. The fraction of sp³-hybridized carbons (Fsp3) is 0.786. The van der Waals surface area contributed by atoms with Crippen molar-refractivity contribution in [3.63, 3.8) is 0 Å². The Hall–Kier alpha value is -0.830. The molecular weight excluding hydrogens is 212 g/mol. The van der Waals surface area contributed by atoms with Crippen molar-refractivity contribution < 1.29 is 5.11 Å². The third-order valence-electron chi connectivity index (χ3n) is 3.48. The molecule has 1 unspecified atom stereocenters. The second-order valence-corrected chi connectivity index (χ2v) is 5.75. The summed E-state index contributed by atoms with van der Waals surface area (Å²) in [6.07, 6.45) is 1.88. The van der Waals surface area contributed by atoms with Crippen molar-refractivity contribution in [1.29, 1.82) is 0 Å². The fourth-order valence-corrected chi connectivity index (χ4v) is 2.02. The molecule has 0 saturated heterocycles. The van der Waals surface area contributed by atoms with Crippen LogP contribution in [0.25, 0.3) is 0 Å². The summed E-state index contributed by atoms with van der Waals surface area (Å²) in [5.74, 6) is 0.286. The van der Waals surface area contributed by atoms with Gasteiger partial charge in [-0.05, 0) is 37.2 Å². The second kappa shape index (κ2) is 5.67. The van der Waals surface area contributed by atoms with Gasteiger partial charge in [0.2, 0.25) is 0 Å². The Morgan fingerprint density at radius 1 is 1.35 bits per heavy atom. The Bertz CT molecular complexity index is 350. The molecule has 0 spiro atoms. The lowest BCUT2D eigenvalue weighted by Crippen LogP contribution is -2.27. The van der Waals surface area contributed by atoms with Crippen molar-refractivity contribution in [2.45, 2.75) is 54.0 Å². The maximum absolute atomic E-state index is 9.52.